The van der Waals surface area contributed by atoms with Gasteiger partial charge in [0.25, 0.3) is 5.91 Å². The van der Waals surface area contributed by atoms with E-state index in [9.17, 15) is 9.59 Å². The van der Waals surface area contributed by atoms with Crippen LogP contribution in [-0.2, 0) is 5.41 Å². The highest BCUT2D eigenvalue weighted by atomic mass is 16.2. The van der Waals surface area contributed by atoms with E-state index in [-0.39, 0.29) is 23.0 Å². The molecule has 0 spiro atoms. The summed E-state index contributed by atoms with van der Waals surface area (Å²) in [5, 5.41) is 0. The number of hydrogen-bond donors (Lipinski definition) is 0. The Morgan fingerprint density at radius 3 is 1.90 bits per heavy atom. The maximum atomic E-state index is 13.1. The first-order chi connectivity index (χ1) is 13.6. The lowest BCUT2D eigenvalue weighted by Crippen LogP contribution is -2.40. The Morgan fingerprint density at radius 2 is 1.41 bits per heavy atom. The number of nitrogens with zero attached hydrogens (tertiary/aromatic N) is 1. The van der Waals surface area contributed by atoms with Crippen molar-refractivity contribution in [3.63, 3.8) is 0 Å². The Balaban J connectivity index is 1.66. The van der Waals surface area contributed by atoms with E-state index in [0.717, 1.165) is 35.1 Å². The summed E-state index contributed by atoms with van der Waals surface area (Å²) in [6.45, 7) is 13.9. The number of benzene rings is 2. The fourth-order valence-corrected chi connectivity index (χ4v) is 4.41. The van der Waals surface area contributed by atoms with Crippen LogP contribution in [0.4, 0.5) is 0 Å². The normalized spacial score (nSPS) is 15.4. The molecular weight excluding hydrogens is 358 g/mol. The van der Waals surface area contributed by atoms with Crippen molar-refractivity contribution in [3.05, 3.63) is 69.8 Å². The van der Waals surface area contributed by atoms with Crippen molar-refractivity contribution in [3.8, 4) is 0 Å². The number of carbonyl (C=O) groups excluding carboxylic acids is 2. The van der Waals surface area contributed by atoms with Gasteiger partial charge in [-0.1, -0.05) is 50.6 Å². The molecule has 2 aromatic rings. The second-order valence-corrected chi connectivity index (χ2v) is 9.53. The number of likely N-dealkylation sites (tertiary alicyclic amines) is 1. The minimum absolute atomic E-state index is 0.00224. The van der Waals surface area contributed by atoms with Gasteiger partial charge in [-0.15, -0.1) is 0 Å². The molecule has 3 rings (SSSR count). The number of piperidine rings is 1. The maximum Gasteiger partial charge on any atom is 0.253 e. The number of ketones is 1. The van der Waals surface area contributed by atoms with E-state index in [0.29, 0.717) is 13.1 Å². The highest BCUT2D eigenvalue weighted by Gasteiger charge is 2.30. The van der Waals surface area contributed by atoms with Crippen molar-refractivity contribution in [1.82, 2.24) is 4.90 Å². The molecule has 0 atom stereocenters. The standard InChI is InChI=1S/C26H33NO2/c1-17-15-18(2)23(19(3)16-17)24(28)20-11-13-27(14-12-20)25(29)21-7-9-22(10-8-21)26(4,5)6/h7-10,15-16,20H,11-14H2,1-6H3. The van der Waals surface area contributed by atoms with Crippen LogP contribution in [0, 0.1) is 26.7 Å². The van der Waals surface area contributed by atoms with Crippen LogP contribution in [0.1, 0.15) is 76.6 Å². The summed E-state index contributed by atoms with van der Waals surface area (Å²) in [5.74, 6) is 0.308. The van der Waals surface area contributed by atoms with Gasteiger partial charge in [0.1, 0.15) is 0 Å². The van der Waals surface area contributed by atoms with Crippen LogP contribution in [0.15, 0.2) is 36.4 Å². The molecule has 154 valence electrons. The lowest BCUT2D eigenvalue weighted by Gasteiger charge is -2.32. The van der Waals surface area contributed by atoms with Gasteiger partial charge in [0.2, 0.25) is 0 Å². The SMILES string of the molecule is Cc1cc(C)c(C(=O)C2CCN(C(=O)c3ccc(C(C)(C)C)cc3)CC2)c(C)c1. The van der Waals surface area contributed by atoms with Gasteiger partial charge in [0.15, 0.2) is 5.78 Å². The summed E-state index contributed by atoms with van der Waals surface area (Å²) < 4.78 is 0. The molecule has 0 bridgehead atoms. The van der Waals surface area contributed by atoms with Gasteiger partial charge < -0.3 is 4.90 Å². The molecule has 1 heterocycles. The Bertz CT molecular complexity index is 888. The van der Waals surface area contributed by atoms with Gasteiger partial charge in [0, 0.05) is 30.1 Å². The number of aryl methyl sites for hydroxylation is 3. The van der Waals surface area contributed by atoms with E-state index >= 15 is 0 Å². The number of carbonyl (C=O) groups is 2. The monoisotopic (exact) mass is 391 g/mol. The fraction of sp³-hybridized carbons (Fsp3) is 0.462. The topological polar surface area (TPSA) is 37.4 Å². The zero-order valence-corrected chi connectivity index (χ0v) is 18.6. The summed E-state index contributed by atoms with van der Waals surface area (Å²) in [6.07, 6.45) is 1.47. The Morgan fingerprint density at radius 1 is 0.897 bits per heavy atom. The molecule has 0 radical (unpaired) electrons. The van der Waals surface area contributed by atoms with E-state index in [1.54, 1.807) is 0 Å². The largest absolute Gasteiger partial charge is 0.339 e. The second-order valence-electron chi connectivity index (χ2n) is 9.53. The lowest BCUT2D eigenvalue weighted by atomic mass is 9.84. The molecule has 1 aliphatic rings. The lowest BCUT2D eigenvalue weighted by molar-refractivity contribution is 0.0650. The molecule has 0 unspecified atom stereocenters. The van der Waals surface area contributed by atoms with Gasteiger partial charge in [-0.05, 0) is 67.9 Å². The van der Waals surface area contributed by atoms with Crippen molar-refractivity contribution in [2.45, 2.75) is 59.8 Å². The smallest absolute Gasteiger partial charge is 0.253 e. The predicted octanol–water partition coefficient (Wildman–Crippen LogP) is 5.64. The van der Waals surface area contributed by atoms with Crippen LogP contribution in [0.25, 0.3) is 0 Å². The summed E-state index contributed by atoms with van der Waals surface area (Å²) in [7, 11) is 0. The minimum atomic E-state index is 0.00224. The molecule has 1 fully saturated rings. The van der Waals surface area contributed by atoms with Crippen molar-refractivity contribution < 1.29 is 9.59 Å². The molecular formula is C26H33NO2. The molecule has 1 aliphatic heterocycles. The van der Waals surface area contributed by atoms with E-state index in [2.05, 4.69) is 39.8 Å². The van der Waals surface area contributed by atoms with Crippen LogP contribution < -0.4 is 0 Å². The quantitative estimate of drug-likeness (QED) is 0.635. The third-order valence-electron chi connectivity index (χ3n) is 6.07. The maximum absolute atomic E-state index is 13.1. The van der Waals surface area contributed by atoms with Crippen molar-refractivity contribution >= 4 is 11.7 Å². The highest BCUT2D eigenvalue weighted by Crippen LogP contribution is 2.27. The van der Waals surface area contributed by atoms with Gasteiger partial charge >= 0.3 is 0 Å². The van der Waals surface area contributed by atoms with E-state index < -0.39 is 0 Å². The van der Waals surface area contributed by atoms with Gasteiger partial charge in [-0.3, -0.25) is 9.59 Å². The number of hydrogen-bond acceptors (Lipinski definition) is 2. The molecule has 1 amide bonds. The van der Waals surface area contributed by atoms with E-state index in [1.807, 2.05) is 43.0 Å². The summed E-state index contributed by atoms with van der Waals surface area (Å²) in [4.78, 5) is 27.9. The molecule has 0 saturated carbocycles. The molecule has 3 nitrogen and oxygen atoms in total. The van der Waals surface area contributed by atoms with Crippen molar-refractivity contribution in [1.29, 1.82) is 0 Å². The molecule has 0 aromatic heterocycles. The van der Waals surface area contributed by atoms with Crippen LogP contribution >= 0.6 is 0 Å². The first kappa shape index (κ1) is 21.3. The van der Waals surface area contributed by atoms with Crippen LogP contribution in [0.5, 0.6) is 0 Å². The summed E-state index contributed by atoms with van der Waals surface area (Å²) >= 11 is 0. The Labute approximate surface area is 175 Å². The molecule has 1 saturated heterocycles. The van der Waals surface area contributed by atoms with Crippen LogP contribution in [0.2, 0.25) is 0 Å². The third kappa shape index (κ3) is 4.60. The first-order valence-electron chi connectivity index (χ1n) is 10.6. The molecule has 2 aromatic carbocycles. The zero-order chi connectivity index (χ0) is 21.3. The van der Waals surface area contributed by atoms with Crippen LogP contribution in [0.3, 0.4) is 0 Å². The number of rotatable bonds is 3. The van der Waals surface area contributed by atoms with Crippen molar-refractivity contribution in [2.75, 3.05) is 13.1 Å². The molecule has 29 heavy (non-hydrogen) atoms. The first-order valence-corrected chi connectivity index (χ1v) is 10.6. The van der Waals surface area contributed by atoms with Crippen LogP contribution in [-0.4, -0.2) is 29.7 Å². The minimum Gasteiger partial charge on any atom is -0.339 e. The summed E-state index contributed by atoms with van der Waals surface area (Å²) in [6, 6.07) is 12.1. The molecule has 0 N–H and O–H groups in total. The zero-order valence-electron chi connectivity index (χ0n) is 18.6. The van der Waals surface area contributed by atoms with Crippen molar-refractivity contribution in [2.24, 2.45) is 5.92 Å². The third-order valence-corrected chi connectivity index (χ3v) is 6.07. The molecule has 3 heteroatoms. The van der Waals surface area contributed by atoms with E-state index in [4.69, 9.17) is 0 Å². The number of amides is 1. The van der Waals surface area contributed by atoms with Gasteiger partial charge in [-0.25, -0.2) is 0 Å². The Hall–Kier alpha value is -2.42. The molecule has 0 aliphatic carbocycles. The second kappa shape index (κ2) is 8.14. The fourth-order valence-electron chi connectivity index (χ4n) is 4.41. The van der Waals surface area contributed by atoms with Gasteiger partial charge in [-0.2, -0.15) is 0 Å². The predicted molar refractivity (Wildman–Crippen MR) is 119 cm³/mol. The van der Waals surface area contributed by atoms with E-state index in [1.165, 1.54) is 11.1 Å². The van der Waals surface area contributed by atoms with Gasteiger partial charge in [0.05, 0.1) is 0 Å². The average molecular weight is 392 g/mol. The Kier molecular flexibility index (Phi) is 5.97. The number of Topliss-reactive ketones (excluding diaryl/α,β-unsaturated/α-hetero) is 1. The summed E-state index contributed by atoms with van der Waals surface area (Å²) in [5.41, 5.74) is 6.21. The highest BCUT2D eigenvalue weighted by molar-refractivity contribution is 6.01. The average Bonchev–Trinajstić information content (AvgIpc) is 2.66.